The van der Waals surface area contributed by atoms with Crippen molar-refractivity contribution in [3.63, 3.8) is 0 Å². The first-order valence-corrected chi connectivity index (χ1v) is 10.4. The summed E-state index contributed by atoms with van der Waals surface area (Å²) < 4.78 is 0. The van der Waals surface area contributed by atoms with Crippen LogP contribution in [0.5, 0.6) is 0 Å². The maximum atomic E-state index is 8.69. The number of benzene rings is 1. The molecular formula is C22H28N6. The molecule has 2 heterocycles. The minimum absolute atomic E-state index is 0.0833. The van der Waals surface area contributed by atoms with Crippen molar-refractivity contribution >= 4 is 10.9 Å². The molecule has 4 rings (SSSR count). The van der Waals surface area contributed by atoms with Gasteiger partial charge in [0.25, 0.3) is 0 Å². The van der Waals surface area contributed by atoms with Crippen LogP contribution in [0.2, 0.25) is 0 Å². The zero-order valence-corrected chi connectivity index (χ0v) is 16.7. The second-order valence-corrected chi connectivity index (χ2v) is 8.58. The van der Waals surface area contributed by atoms with E-state index in [1.54, 1.807) is 0 Å². The van der Waals surface area contributed by atoms with Crippen LogP contribution in [-0.2, 0) is 6.42 Å². The summed E-state index contributed by atoms with van der Waals surface area (Å²) in [6.07, 6.45) is 4.25. The third kappa shape index (κ3) is 3.21. The Hall–Kier alpha value is -2.64. The molecule has 2 aliphatic rings. The molecule has 5 atom stereocenters. The first-order valence-electron chi connectivity index (χ1n) is 10.4. The molecule has 1 aliphatic heterocycles. The summed E-state index contributed by atoms with van der Waals surface area (Å²) in [5.41, 5.74) is 12.1. The lowest BCUT2D eigenvalue weighted by atomic mass is 9.64. The summed E-state index contributed by atoms with van der Waals surface area (Å²) in [5.74, 6) is 2.76. The largest absolute Gasteiger partial charge is 0.356 e. The van der Waals surface area contributed by atoms with Crippen molar-refractivity contribution in [1.29, 1.82) is 0 Å². The number of aromatic nitrogens is 1. The van der Waals surface area contributed by atoms with Crippen molar-refractivity contribution in [3.8, 4) is 0 Å². The number of fused-ring (bicyclic) bond motifs is 2. The molecule has 1 aromatic carbocycles. The van der Waals surface area contributed by atoms with Gasteiger partial charge in [-0.05, 0) is 60.1 Å². The molecule has 28 heavy (non-hydrogen) atoms. The topological polar surface area (TPSA) is 72.2 Å². The van der Waals surface area contributed by atoms with E-state index in [1.807, 2.05) is 17.1 Å². The second kappa shape index (κ2) is 7.77. The van der Waals surface area contributed by atoms with Gasteiger partial charge < -0.3 is 4.98 Å². The van der Waals surface area contributed by atoms with Crippen LogP contribution in [0.3, 0.4) is 0 Å². The summed E-state index contributed by atoms with van der Waals surface area (Å²) in [4.78, 5) is 10.5. The average molecular weight is 377 g/mol. The number of para-hydroxylation sites is 1. The summed E-state index contributed by atoms with van der Waals surface area (Å²) in [5, 5.41) is 6.92. The van der Waals surface area contributed by atoms with Crippen LogP contribution >= 0.6 is 0 Å². The lowest BCUT2D eigenvalue weighted by Gasteiger charge is -2.46. The van der Waals surface area contributed by atoms with E-state index in [-0.39, 0.29) is 6.04 Å². The summed E-state index contributed by atoms with van der Waals surface area (Å²) in [7, 11) is 0. The van der Waals surface area contributed by atoms with Gasteiger partial charge in [0.05, 0.1) is 6.54 Å². The third-order valence-corrected chi connectivity index (χ3v) is 7.28. The van der Waals surface area contributed by atoms with E-state index in [2.05, 4.69) is 45.9 Å². The van der Waals surface area contributed by atoms with Crippen LogP contribution in [0.4, 0.5) is 0 Å². The predicted octanol–water partition coefficient (Wildman–Crippen LogP) is 5.90. The maximum Gasteiger partial charge on any atom is 0.137 e. The molecular weight excluding hydrogens is 348 g/mol. The van der Waals surface area contributed by atoms with Crippen LogP contribution in [0.25, 0.3) is 26.3 Å². The zero-order chi connectivity index (χ0) is 19.7. The van der Waals surface area contributed by atoms with E-state index in [0.29, 0.717) is 30.7 Å². The number of hydrogen-bond donors (Lipinski definition) is 1. The second-order valence-electron chi connectivity index (χ2n) is 8.58. The van der Waals surface area contributed by atoms with Crippen molar-refractivity contribution in [2.75, 3.05) is 13.1 Å². The van der Waals surface area contributed by atoms with Gasteiger partial charge in [-0.15, -0.1) is 5.01 Å². The molecule has 1 saturated carbocycles. The summed E-state index contributed by atoms with van der Waals surface area (Å²) >= 11 is 0. The standard InChI is InChI=1S/C22H28N6/c1-14-8-9-16-13-28(24-3)21(12-19(16)15(14)2)22-18(10-11-25-27-23)17-6-4-5-7-20(17)26-22/h4-7,14-16,19,21,26H,8-13H2,1-2H3/t14-,15-,16-,19+,21-/m0/s1. The highest BCUT2D eigenvalue weighted by molar-refractivity contribution is 5.84. The number of nitrogens with zero attached hydrogens (tertiary/aromatic N) is 5. The van der Waals surface area contributed by atoms with Crippen LogP contribution in [-0.4, -0.2) is 23.1 Å². The Balaban J connectivity index is 1.73. The molecule has 0 bridgehead atoms. The molecule has 2 fully saturated rings. The van der Waals surface area contributed by atoms with Crippen molar-refractivity contribution in [2.24, 2.45) is 28.8 Å². The summed E-state index contributed by atoms with van der Waals surface area (Å²) in [6, 6.07) is 8.38. The average Bonchev–Trinajstić information content (AvgIpc) is 3.09. The SMILES string of the molecule is [C-]#[N+]N1C[C@@H]2CC[C@H](C)[C@H](C)[C@H]2C[C@H]1c1[nH]c2ccccc2c1CCN=[N+]=[N-]. The number of aromatic amines is 1. The lowest BCUT2D eigenvalue weighted by Crippen LogP contribution is -2.45. The van der Waals surface area contributed by atoms with Crippen LogP contribution < -0.4 is 0 Å². The van der Waals surface area contributed by atoms with Crippen molar-refractivity contribution in [1.82, 2.24) is 9.99 Å². The van der Waals surface area contributed by atoms with Gasteiger partial charge in [0, 0.05) is 28.1 Å². The van der Waals surface area contributed by atoms with E-state index in [1.165, 1.54) is 23.8 Å². The minimum Gasteiger partial charge on any atom is -0.356 e. The highest BCUT2D eigenvalue weighted by Crippen LogP contribution is 2.49. The van der Waals surface area contributed by atoms with Gasteiger partial charge in [0.1, 0.15) is 6.04 Å². The summed E-state index contributed by atoms with van der Waals surface area (Å²) in [6.45, 7) is 13.9. The lowest BCUT2D eigenvalue weighted by molar-refractivity contribution is 0.0121. The molecule has 0 unspecified atom stereocenters. The van der Waals surface area contributed by atoms with Crippen LogP contribution in [0.1, 0.15) is 50.4 Å². The maximum absolute atomic E-state index is 8.69. The van der Waals surface area contributed by atoms with Crippen molar-refractivity contribution in [2.45, 2.75) is 45.6 Å². The Morgan fingerprint density at radius 1 is 1.29 bits per heavy atom. The fraction of sp³-hybridized carbons (Fsp3) is 0.591. The number of hydrogen-bond acceptors (Lipinski definition) is 2. The van der Waals surface area contributed by atoms with E-state index in [0.717, 1.165) is 30.1 Å². The Morgan fingerprint density at radius 2 is 2.11 bits per heavy atom. The Bertz CT molecular complexity index is 934. The van der Waals surface area contributed by atoms with E-state index in [9.17, 15) is 0 Å². The smallest absolute Gasteiger partial charge is 0.137 e. The highest BCUT2D eigenvalue weighted by Gasteiger charge is 2.45. The fourth-order valence-electron chi connectivity index (χ4n) is 5.54. The van der Waals surface area contributed by atoms with E-state index >= 15 is 0 Å². The van der Waals surface area contributed by atoms with Gasteiger partial charge in [-0.1, -0.05) is 43.6 Å². The first-order chi connectivity index (χ1) is 13.6. The molecule has 6 nitrogen and oxygen atoms in total. The molecule has 1 saturated heterocycles. The quantitative estimate of drug-likeness (QED) is 0.307. The number of rotatable bonds is 4. The molecule has 2 aromatic rings. The van der Waals surface area contributed by atoms with Gasteiger partial charge in [-0.3, -0.25) is 0 Å². The zero-order valence-electron chi connectivity index (χ0n) is 16.7. The fourth-order valence-corrected chi connectivity index (χ4v) is 5.54. The van der Waals surface area contributed by atoms with Gasteiger partial charge in [0.15, 0.2) is 0 Å². The van der Waals surface area contributed by atoms with Gasteiger partial charge in [-0.2, -0.15) is 11.5 Å². The van der Waals surface area contributed by atoms with Gasteiger partial charge >= 0.3 is 0 Å². The number of piperidine rings is 1. The highest BCUT2D eigenvalue weighted by atomic mass is 15.5. The Kier molecular flexibility index (Phi) is 5.19. The minimum atomic E-state index is 0.0833. The van der Waals surface area contributed by atoms with Crippen LogP contribution in [0.15, 0.2) is 29.4 Å². The molecule has 0 spiro atoms. The third-order valence-electron chi connectivity index (χ3n) is 7.28. The molecule has 0 radical (unpaired) electrons. The molecule has 1 N–H and O–H groups in total. The van der Waals surface area contributed by atoms with Crippen LogP contribution in [0, 0.1) is 30.2 Å². The molecule has 1 aromatic heterocycles. The first kappa shape index (κ1) is 18.7. The molecule has 1 aliphatic carbocycles. The van der Waals surface area contributed by atoms with E-state index in [4.69, 9.17) is 12.1 Å². The van der Waals surface area contributed by atoms with Crippen molar-refractivity contribution < 1.29 is 0 Å². The number of H-pyrrole nitrogens is 1. The number of nitrogens with one attached hydrogen (secondary N) is 1. The van der Waals surface area contributed by atoms with Gasteiger partial charge in [-0.25, -0.2) is 0 Å². The van der Waals surface area contributed by atoms with Gasteiger partial charge in [0.2, 0.25) is 0 Å². The molecule has 146 valence electrons. The molecule has 0 amide bonds. The normalized spacial score (nSPS) is 29.8. The van der Waals surface area contributed by atoms with E-state index < -0.39 is 0 Å². The Labute approximate surface area is 166 Å². The molecule has 6 heteroatoms. The van der Waals surface area contributed by atoms with Crippen molar-refractivity contribution in [3.05, 3.63) is 57.5 Å². The number of azide groups is 1. The monoisotopic (exact) mass is 376 g/mol. The Morgan fingerprint density at radius 3 is 2.89 bits per heavy atom. The predicted molar refractivity (Wildman–Crippen MR) is 111 cm³/mol.